The van der Waals surface area contributed by atoms with Crippen LogP contribution in [0.3, 0.4) is 0 Å². The molecule has 7 heteroatoms. The molecule has 1 amide bonds. The van der Waals surface area contributed by atoms with Crippen molar-refractivity contribution in [2.75, 3.05) is 23.7 Å². The predicted molar refractivity (Wildman–Crippen MR) is 120 cm³/mol. The predicted octanol–water partition coefficient (Wildman–Crippen LogP) is 4.75. The van der Waals surface area contributed by atoms with Gasteiger partial charge in [0.05, 0.1) is 11.5 Å². The van der Waals surface area contributed by atoms with Gasteiger partial charge in [0.2, 0.25) is 11.9 Å². The quantitative estimate of drug-likeness (QED) is 0.549. The van der Waals surface area contributed by atoms with Crippen molar-refractivity contribution in [3.8, 4) is 22.4 Å². The fourth-order valence-corrected chi connectivity index (χ4v) is 4.01. The first-order valence-corrected chi connectivity index (χ1v) is 11.0. The first-order chi connectivity index (χ1) is 14.6. The SMILES string of the molecule is O=C(CBr)N1CCC(Nc2ncc(F)c(-c3cccc(-c4ccccc4)c3)n2)CC1. The fourth-order valence-electron chi connectivity index (χ4n) is 3.66. The Morgan fingerprint density at radius 1 is 1.07 bits per heavy atom. The van der Waals surface area contributed by atoms with E-state index >= 15 is 0 Å². The molecule has 2 heterocycles. The maximum absolute atomic E-state index is 14.5. The lowest BCUT2D eigenvalue weighted by Crippen LogP contribution is -2.43. The van der Waals surface area contributed by atoms with Gasteiger partial charge in [0, 0.05) is 24.7 Å². The number of likely N-dealkylation sites (tertiary alicyclic amines) is 1. The molecule has 0 radical (unpaired) electrons. The summed E-state index contributed by atoms with van der Waals surface area (Å²) in [6.07, 6.45) is 2.82. The van der Waals surface area contributed by atoms with Crippen molar-refractivity contribution in [3.63, 3.8) is 0 Å². The van der Waals surface area contributed by atoms with E-state index in [4.69, 9.17) is 0 Å². The Labute approximate surface area is 183 Å². The van der Waals surface area contributed by atoms with E-state index in [1.807, 2.05) is 59.5 Å². The molecule has 3 aromatic rings. The maximum atomic E-state index is 14.5. The van der Waals surface area contributed by atoms with E-state index < -0.39 is 5.82 Å². The zero-order valence-corrected chi connectivity index (χ0v) is 18.0. The number of aromatic nitrogens is 2. The summed E-state index contributed by atoms with van der Waals surface area (Å²) in [5.74, 6) is 0.0531. The molecule has 154 valence electrons. The number of hydrogen-bond acceptors (Lipinski definition) is 4. The molecule has 1 fully saturated rings. The second-order valence-electron chi connectivity index (χ2n) is 7.27. The number of rotatable bonds is 5. The monoisotopic (exact) mass is 468 g/mol. The number of piperidine rings is 1. The second-order valence-corrected chi connectivity index (χ2v) is 7.83. The van der Waals surface area contributed by atoms with E-state index in [1.165, 1.54) is 6.20 Å². The third-order valence-electron chi connectivity index (χ3n) is 5.28. The largest absolute Gasteiger partial charge is 0.351 e. The highest BCUT2D eigenvalue weighted by molar-refractivity contribution is 9.09. The van der Waals surface area contributed by atoms with Crippen molar-refractivity contribution in [1.82, 2.24) is 14.9 Å². The van der Waals surface area contributed by atoms with Crippen LogP contribution in [0.25, 0.3) is 22.4 Å². The standard InChI is InChI=1S/C23H22BrFN4O/c24-14-21(30)29-11-9-19(10-12-29)27-23-26-15-20(25)22(28-23)18-8-4-7-17(13-18)16-5-2-1-3-6-16/h1-8,13,15,19H,9-12,14H2,(H,26,27,28). The van der Waals surface area contributed by atoms with Crippen LogP contribution in [0, 0.1) is 5.82 Å². The van der Waals surface area contributed by atoms with E-state index in [-0.39, 0.29) is 17.6 Å². The minimum Gasteiger partial charge on any atom is -0.351 e. The van der Waals surface area contributed by atoms with E-state index in [2.05, 4.69) is 31.2 Å². The molecule has 1 N–H and O–H groups in total. The van der Waals surface area contributed by atoms with Crippen molar-refractivity contribution in [1.29, 1.82) is 0 Å². The van der Waals surface area contributed by atoms with Gasteiger partial charge in [-0.15, -0.1) is 0 Å². The van der Waals surface area contributed by atoms with Gasteiger partial charge in [0.15, 0.2) is 5.82 Å². The van der Waals surface area contributed by atoms with Gasteiger partial charge in [-0.25, -0.2) is 14.4 Å². The number of anilines is 1. The van der Waals surface area contributed by atoms with Crippen molar-refractivity contribution < 1.29 is 9.18 Å². The lowest BCUT2D eigenvalue weighted by Gasteiger charge is -2.32. The molecule has 0 bridgehead atoms. The van der Waals surface area contributed by atoms with Crippen LogP contribution in [0.2, 0.25) is 0 Å². The summed E-state index contributed by atoms with van der Waals surface area (Å²) in [6, 6.07) is 17.8. The number of hydrogen-bond donors (Lipinski definition) is 1. The topological polar surface area (TPSA) is 58.1 Å². The number of nitrogens with zero attached hydrogens (tertiary/aromatic N) is 3. The molecular formula is C23H22BrFN4O. The van der Waals surface area contributed by atoms with Crippen LogP contribution in [0.4, 0.5) is 10.3 Å². The van der Waals surface area contributed by atoms with Crippen LogP contribution in [0.15, 0.2) is 60.8 Å². The molecule has 1 saturated heterocycles. The number of nitrogens with one attached hydrogen (secondary N) is 1. The van der Waals surface area contributed by atoms with Crippen LogP contribution in [-0.2, 0) is 4.79 Å². The molecule has 1 aromatic heterocycles. The zero-order valence-electron chi connectivity index (χ0n) is 16.4. The summed E-state index contributed by atoms with van der Waals surface area (Å²) in [5.41, 5.74) is 3.05. The van der Waals surface area contributed by atoms with Crippen LogP contribution < -0.4 is 5.32 Å². The average molecular weight is 469 g/mol. The molecule has 0 aliphatic carbocycles. The Morgan fingerprint density at radius 2 is 1.77 bits per heavy atom. The lowest BCUT2D eigenvalue weighted by atomic mass is 10.0. The Kier molecular flexibility index (Phi) is 6.38. The molecule has 4 rings (SSSR count). The first-order valence-electron chi connectivity index (χ1n) is 9.92. The van der Waals surface area contributed by atoms with E-state index in [1.54, 1.807) is 0 Å². The molecule has 0 saturated carbocycles. The van der Waals surface area contributed by atoms with Gasteiger partial charge in [-0.3, -0.25) is 4.79 Å². The van der Waals surface area contributed by atoms with Crippen LogP contribution in [0.5, 0.6) is 0 Å². The van der Waals surface area contributed by atoms with Crippen LogP contribution in [-0.4, -0.2) is 45.2 Å². The molecule has 30 heavy (non-hydrogen) atoms. The summed E-state index contributed by atoms with van der Waals surface area (Å²) in [7, 11) is 0. The molecule has 1 aliphatic rings. The second kappa shape index (κ2) is 9.34. The normalized spacial score (nSPS) is 14.5. The fraction of sp³-hybridized carbons (Fsp3) is 0.261. The number of carbonyl (C=O) groups excluding carboxylic acids is 1. The summed E-state index contributed by atoms with van der Waals surface area (Å²) in [6.45, 7) is 1.38. The van der Waals surface area contributed by atoms with Gasteiger partial charge < -0.3 is 10.2 Å². The molecule has 1 aliphatic heterocycles. The number of halogens is 2. The highest BCUT2D eigenvalue weighted by atomic mass is 79.9. The van der Waals surface area contributed by atoms with Crippen molar-refractivity contribution in [2.24, 2.45) is 0 Å². The Morgan fingerprint density at radius 3 is 2.50 bits per heavy atom. The minimum absolute atomic E-state index is 0.104. The highest BCUT2D eigenvalue weighted by Gasteiger charge is 2.23. The molecule has 2 aromatic carbocycles. The Bertz CT molecular complexity index is 1020. The van der Waals surface area contributed by atoms with E-state index in [0.717, 1.165) is 24.0 Å². The van der Waals surface area contributed by atoms with Crippen LogP contribution >= 0.6 is 15.9 Å². The van der Waals surface area contributed by atoms with Gasteiger partial charge in [-0.1, -0.05) is 64.5 Å². The highest BCUT2D eigenvalue weighted by Crippen LogP contribution is 2.27. The summed E-state index contributed by atoms with van der Waals surface area (Å²) in [5, 5.41) is 3.65. The van der Waals surface area contributed by atoms with Gasteiger partial charge in [0.1, 0.15) is 5.69 Å². The number of alkyl halides is 1. The minimum atomic E-state index is -0.455. The summed E-state index contributed by atoms with van der Waals surface area (Å²) in [4.78, 5) is 22.2. The lowest BCUT2D eigenvalue weighted by molar-refractivity contribution is -0.129. The van der Waals surface area contributed by atoms with E-state index in [9.17, 15) is 9.18 Å². The number of amides is 1. The van der Waals surface area contributed by atoms with Crippen molar-refractivity contribution in [3.05, 3.63) is 66.6 Å². The van der Waals surface area contributed by atoms with Crippen LogP contribution in [0.1, 0.15) is 12.8 Å². The van der Waals surface area contributed by atoms with Gasteiger partial charge in [-0.2, -0.15) is 0 Å². The molecule has 0 atom stereocenters. The average Bonchev–Trinajstić information content (AvgIpc) is 2.81. The van der Waals surface area contributed by atoms with E-state index in [0.29, 0.717) is 29.9 Å². The number of carbonyl (C=O) groups is 1. The Hall–Kier alpha value is -2.80. The zero-order chi connectivity index (χ0) is 20.9. The third kappa shape index (κ3) is 4.67. The van der Waals surface area contributed by atoms with Crippen molar-refractivity contribution in [2.45, 2.75) is 18.9 Å². The maximum Gasteiger partial charge on any atom is 0.233 e. The Balaban J connectivity index is 1.51. The van der Waals surface area contributed by atoms with Gasteiger partial charge in [-0.05, 0) is 30.0 Å². The van der Waals surface area contributed by atoms with Crippen molar-refractivity contribution >= 4 is 27.8 Å². The molecular weight excluding hydrogens is 447 g/mol. The number of benzene rings is 2. The van der Waals surface area contributed by atoms with Gasteiger partial charge in [0.25, 0.3) is 0 Å². The first kappa shape index (κ1) is 20.5. The van der Waals surface area contributed by atoms with Gasteiger partial charge >= 0.3 is 0 Å². The molecule has 0 spiro atoms. The molecule has 0 unspecified atom stereocenters. The summed E-state index contributed by atoms with van der Waals surface area (Å²) < 4.78 is 14.5. The third-order valence-corrected chi connectivity index (χ3v) is 5.76. The summed E-state index contributed by atoms with van der Waals surface area (Å²) >= 11 is 3.21. The smallest absolute Gasteiger partial charge is 0.233 e. The molecule has 5 nitrogen and oxygen atoms in total.